The van der Waals surface area contributed by atoms with Crippen molar-refractivity contribution in [1.29, 1.82) is 0 Å². The van der Waals surface area contributed by atoms with Crippen LogP contribution < -0.4 is 4.90 Å². The van der Waals surface area contributed by atoms with E-state index < -0.39 is 0 Å². The van der Waals surface area contributed by atoms with E-state index in [1.807, 2.05) is 60.7 Å². The van der Waals surface area contributed by atoms with Gasteiger partial charge in [0.15, 0.2) is 0 Å². The second kappa shape index (κ2) is 5.29. The highest BCUT2D eigenvalue weighted by Crippen LogP contribution is 2.30. The number of hydrogen-bond acceptors (Lipinski definition) is 2. The molecule has 0 radical (unpaired) electrons. The average Bonchev–Trinajstić information content (AvgIpc) is 2.55. The quantitative estimate of drug-likeness (QED) is 0.773. The Morgan fingerprint density at radius 1 is 0.905 bits per heavy atom. The first-order chi connectivity index (χ1) is 10.2. The molecule has 0 saturated carbocycles. The van der Waals surface area contributed by atoms with Gasteiger partial charge in [-0.2, -0.15) is 0 Å². The normalized spacial score (nSPS) is 10.5. The zero-order valence-electron chi connectivity index (χ0n) is 11.7. The smallest absolute Gasteiger partial charge is 0.261 e. The summed E-state index contributed by atoms with van der Waals surface area (Å²) in [7, 11) is 1.70. The molecule has 21 heavy (non-hydrogen) atoms. The van der Waals surface area contributed by atoms with Gasteiger partial charge >= 0.3 is 0 Å². The SMILES string of the molecule is CN(C(=O)c1ccc2ccccc2c1O)c1ccccc1. The molecule has 0 bridgehead atoms. The van der Waals surface area contributed by atoms with Gasteiger partial charge in [-0.05, 0) is 23.6 Å². The van der Waals surface area contributed by atoms with Crippen LogP contribution in [0.1, 0.15) is 10.4 Å². The second-order valence-electron chi connectivity index (χ2n) is 4.88. The topological polar surface area (TPSA) is 40.5 Å². The summed E-state index contributed by atoms with van der Waals surface area (Å²) in [5.74, 6) is -0.203. The lowest BCUT2D eigenvalue weighted by atomic mass is 10.0. The number of carbonyl (C=O) groups excluding carboxylic acids is 1. The van der Waals surface area contributed by atoms with Crippen molar-refractivity contribution in [2.24, 2.45) is 0 Å². The number of phenols is 1. The van der Waals surface area contributed by atoms with Gasteiger partial charge in [0.1, 0.15) is 5.75 Å². The maximum absolute atomic E-state index is 12.6. The molecule has 3 rings (SSSR count). The van der Waals surface area contributed by atoms with Crippen LogP contribution in [-0.2, 0) is 0 Å². The van der Waals surface area contributed by atoms with E-state index in [-0.39, 0.29) is 11.7 Å². The molecule has 0 aromatic heterocycles. The van der Waals surface area contributed by atoms with Crippen LogP contribution >= 0.6 is 0 Å². The Labute approximate surface area is 123 Å². The first-order valence-corrected chi connectivity index (χ1v) is 6.72. The number of aromatic hydroxyl groups is 1. The van der Waals surface area contributed by atoms with Crippen molar-refractivity contribution >= 4 is 22.4 Å². The summed E-state index contributed by atoms with van der Waals surface area (Å²) in [6, 6.07) is 20.3. The summed E-state index contributed by atoms with van der Waals surface area (Å²) < 4.78 is 0. The Bertz CT molecular complexity index is 797. The molecule has 1 N–H and O–H groups in total. The van der Waals surface area contributed by atoms with Crippen LogP contribution in [0.2, 0.25) is 0 Å². The molecule has 0 aliphatic rings. The molecule has 0 unspecified atom stereocenters. The molecular weight excluding hydrogens is 262 g/mol. The van der Waals surface area contributed by atoms with Crippen molar-refractivity contribution < 1.29 is 9.90 Å². The van der Waals surface area contributed by atoms with Gasteiger partial charge in [-0.1, -0.05) is 48.5 Å². The third-order valence-electron chi connectivity index (χ3n) is 3.58. The lowest BCUT2D eigenvalue weighted by molar-refractivity contribution is 0.0990. The molecule has 0 heterocycles. The van der Waals surface area contributed by atoms with Crippen molar-refractivity contribution in [3.05, 3.63) is 72.3 Å². The Kier molecular flexibility index (Phi) is 3.32. The van der Waals surface area contributed by atoms with Gasteiger partial charge in [-0.25, -0.2) is 0 Å². The van der Waals surface area contributed by atoms with Crippen LogP contribution in [0.5, 0.6) is 5.75 Å². The molecule has 0 atom stereocenters. The number of carbonyl (C=O) groups is 1. The average molecular weight is 277 g/mol. The number of nitrogens with zero attached hydrogens (tertiary/aromatic N) is 1. The Balaban J connectivity index is 2.04. The van der Waals surface area contributed by atoms with Crippen LogP contribution in [0, 0.1) is 0 Å². The van der Waals surface area contributed by atoms with Crippen LogP contribution in [-0.4, -0.2) is 18.1 Å². The molecule has 0 saturated heterocycles. The maximum atomic E-state index is 12.6. The van der Waals surface area contributed by atoms with Gasteiger partial charge in [0, 0.05) is 18.1 Å². The van der Waals surface area contributed by atoms with Crippen molar-refractivity contribution in [3.63, 3.8) is 0 Å². The summed E-state index contributed by atoms with van der Waals surface area (Å²) in [5, 5.41) is 12.0. The number of anilines is 1. The lowest BCUT2D eigenvalue weighted by Crippen LogP contribution is -2.26. The molecule has 104 valence electrons. The van der Waals surface area contributed by atoms with Gasteiger partial charge in [-0.15, -0.1) is 0 Å². The highest BCUT2D eigenvalue weighted by molar-refractivity contribution is 6.10. The maximum Gasteiger partial charge on any atom is 0.261 e. The Hall–Kier alpha value is -2.81. The molecule has 3 aromatic rings. The van der Waals surface area contributed by atoms with E-state index in [0.29, 0.717) is 10.9 Å². The minimum Gasteiger partial charge on any atom is -0.506 e. The Morgan fingerprint density at radius 3 is 2.33 bits per heavy atom. The fraction of sp³-hybridized carbons (Fsp3) is 0.0556. The first-order valence-electron chi connectivity index (χ1n) is 6.72. The summed E-state index contributed by atoms with van der Waals surface area (Å²) in [4.78, 5) is 14.1. The number of rotatable bonds is 2. The fourth-order valence-corrected chi connectivity index (χ4v) is 2.38. The number of amides is 1. The predicted octanol–water partition coefficient (Wildman–Crippen LogP) is 3.82. The van der Waals surface area contributed by atoms with Gasteiger partial charge in [0.2, 0.25) is 0 Å². The van der Waals surface area contributed by atoms with E-state index in [0.717, 1.165) is 11.1 Å². The van der Waals surface area contributed by atoms with Crippen LogP contribution in [0.4, 0.5) is 5.69 Å². The minimum absolute atomic E-state index is 0.0286. The Morgan fingerprint density at radius 2 is 1.57 bits per heavy atom. The van der Waals surface area contributed by atoms with Gasteiger partial charge in [-0.3, -0.25) is 4.79 Å². The fourth-order valence-electron chi connectivity index (χ4n) is 2.38. The van der Waals surface area contributed by atoms with E-state index in [9.17, 15) is 9.90 Å². The molecular formula is C18H15NO2. The summed E-state index contributed by atoms with van der Waals surface area (Å²) in [6.07, 6.45) is 0. The largest absolute Gasteiger partial charge is 0.506 e. The van der Waals surface area contributed by atoms with E-state index in [1.165, 1.54) is 4.90 Å². The minimum atomic E-state index is -0.232. The molecule has 0 aliphatic heterocycles. The third-order valence-corrected chi connectivity index (χ3v) is 3.58. The molecule has 0 aliphatic carbocycles. The van der Waals surface area contributed by atoms with E-state index in [4.69, 9.17) is 0 Å². The summed E-state index contributed by atoms with van der Waals surface area (Å²) >= 11 is 0. The monoisotopic (exact) mass is 277 g/mol. The second-order valence-corrected chi connectivity index (χ2v) is 4.88. The highest BCUT2D eigenvalue weighted by atomic mass is 16.3. The number of fused-ring (bicyclic) bond motifs is 1. The van der Waals surface area contributed by atoms with Crippen LogP contribution in [0.15, 0.2) is 66.7 Å². The molecule has 3 heteroatoms. The highest BCUT2D eigenvalue weighted by Gasteiger charge is 2.18. The van der Waals surface area contributed by atoms with E-state index >= 15 is 0 Å². The summed E-state index contributed by atoms with van der Waals surface area (Å²) in [5.41, 5.74) is 1.09. The van der Waals surface area contributed by atoms with Crippen LogP contribution in [0.3, 0.4) is 0 Å². The predicted molar refractivity (Wildman–Crippen MR) is 84.8 cm³/mol. The van der Waals surface area contributed by atoms with Crippen LogP contribution in [0.25, 0.3) is 10.8 Å². The van der Waals surface area contributed by atoms with Crippen molar-refractivity contribution in [2.75, 3.05) is 11.9 Å². The molecule has 0 spiro atoms. The zero-order valence-corrected chi connectivity index (χ0v) is 11.7. The van der Waals surface area contributed by atoms with Gasteiger partial charge in [0.25, 0.3) is 5.91 Å². The number of phenolic OH excluding ortho intramolecular Hbond substituents is 1. The molecule has 3 aromatic carbocycles. The first kappa shape index (κ1) is 13.2. The van der Waals surface area contributed by atoms with Gasteiger partial charge < -0.3 is 10.0 Å². The van der Waals surface area contributed by atoms with Gasteiger partial charge in [0.05, 0.1) is 5.56 Å². The lowest BCUT2D eigenvalue weighted by Gasteiger charge is -2.18. The number of hydrogen-bond donors (Lipinski definition) is 1. The standard InChI is InChI=1S/C18H15NO2/c1-19(14-8-3-2-4-9-14)18(21)16-12-11-13-7-5-6-10-15(13)17(16)20/h2-12,20H,1H3. The number of para-hydroxylation sites is 1. The van der Waals surface area contributed by atoms with E-state index in [1.54, 1.807) is 13.1 Å². The zero-order chi connectivity index (χ0) is 14.8. The third kappa shape index (κ3) is 2.34. The van der Waals surface area contributed by atoms with E-state index in [2.05, 4.69) is 0 Å². The molecule has 1 amide bonds. The van der Waals surface area contributed by atoms with Crippen molar-refractivity contribution in [3.8, 4) is 5.75 Å². The van der Waals surface area contributed by atoms with Crippen molar-refractivity contribution in [1.82, 2.24) is 0 Å². The summed E-state index contributed by atoms with van der Waals surface area (Å²) in [6.45, 7) is 0. The molecule has 3 nitrogen and oxygen atoms in total. The molecule has 0 fully saturated rings. The number of benzene rings is 3. The van der Waals surface area contributed by atoms with Crippen molar-refractivity contribution in [2.45, 2.75) is 0 Å².